The van der Waals surface area contributed by atoms with E-state index in [0.29, 0.717) is 16.5 Å². The van der Waals surface area contributed by atoms with Crippen molar-refractivity contribution in [2.45, 2.75) is 18.3 Å². The summed E-state index contributed by atoms with van der Waals surface area (Å²) in [5.41, 5.74) is 4.40. The summed E-state index contributed by atoms with van der Waals surface area (Å²) >= 11 is 6.24. The van der Waals surface area contributed by atoms with Gasteiger partial charge in [-0.1, -0.05) is 67.1 Å². The zero-order chi connectivity index (χ0) is 21.5. The van der Waals surface area contributed by atoms with Gasteiger partial charge in [-0.25, -0.2) is 4.90 Å². The van der Waals surface area contributed by atoms with Gasteiger partial charge in [0.25, 0.3) is 0 Å². The highest BCUT2D eigenvalue weighted by atomic mass is 35.5. The number of rotatable bonds is 2. The van der Waals surface area contributed by atoms with Gasteiger partial charge in [0.2, 0.25) is 11.8 Å². The van der Waals surface area contributed by atoms with Crippen molar-refractivity contribution in [2.24, 2.45) is 11.8 Å². The highest BCUT2D eigenvalue weighted by Gasteiger charge is 2.66. The predicted molar refractivity (Wildman–Crippen MR) is 119 cm³/mol. The van der Waals surface area contributed by atoms with E-state index in [1.807, 2.05) is 24.3 Å². The second kappa shape index (κ2) is 6.21. The van der Waals surface area contributed by atoms with Crippen LogP contribution in [0.3, 0.4) is 0 Å². The highest BCUT2D eigenvalue weighted by Crippen LogP contribution is 2.64. The minimum atomic E-state index is -0.583. The number of amides is 2. The van der Waals surface area contributed by atoms with Crippen molar-refractivity contribution >= 4 is 29.1 Å². The first-order valence-electron chi connectivity index (χ1n) is 10.4. The minimum absolute atomic E-state index is 0.147. The van der Waals surface area contributed by atoms with Crippen molar-refractivity contribution in [3.63, 3.8) is 0 Å². The molecule has 2 amide bonds. The van der Waals surface area contributed by atoms with Crippen LogP contribution in [-0.2, 0) is 15.0 Å². The fourth-order valence-electron chi connectivity index (χ4n) is 6.23. The van der Waals surface area contributed by atoms with Crippen LogP contribution in [0.2, 0.25) is 5.02 Å². The summed E-state index contributed by atoms with van der Waals surface area (Å²) in [5.74, 6) is -0.990. The number of imide groups is 1. The van der Waals surface area contributed by atoms with E-state index in [1.165, 1.54) is 12.0 Å². The molecule has 0 unspecified atom stereocenters. The third-order valence-electron chi connectivity index (χ3n) is 7.42. The van der Waals surface area contributed by atoms with E-state index < -0.39 is 17.3 Å². The molecule has 3 aliphatic carbocycles. The molecular formula is C26H20ClNO3. The molecule has 4 aliphatic rings. The summed E-state index contributed by atoms with van der Waals surface area (Å²) in [6.45, 7) is 2.11. The van der Waals surface area contributed by atoms with Crippen molar-refractivity contribution < 1.29 is 14.3 Å². The maximum atomic E-state index is 14.0. The van der Waals surface area contributed by atoms with Crippen LogP contribution in [0.5, 0.6) is 5.75 Å². The number of nitrogens with zero attached hydrogens (tertiary/aromatic N) is 1. The summed E-state index contributed by atoms with van der Waals surface area (Å²) in [7, 11) is 1.53. The molecule has 3 aromatic rings. The van der Waals surface area contributed by atoms with Gasteiger partial charge in [0.15, 0.2) is 0 Å². The van der Waals surface area contributed by atoms with E-state index in [9.17, 15) is 9.59 Å². The average molecular weight is 430 g/mol. The molecule has 2 atom stereocenters. The van der Waals surface area contributed by atoms with E-state index in [2.05, 4.69) is 31.2 Å². The summed E-state index contributed by atoms with van der Waals surface area (Å²) in [6.07, 6.45) is 0. The summed E-state index contributed by atoms with van der Waals surface area (Å²) in [6, 6.07) is 21.5. The lowest BCUT2D eigenvalue weighted by Gasteiger charge is -2.52. The van der Waals surface area contributed by atoms with Gasteiger partial charge in [-0.3, -0.25) is 9.59 Å². The third kappa shape index (κ3) is 2.16. The number of hydrogen-bond donors (Lipinski definition) is 0. The lowest BCUT2D eigenvalue weighted by atomic mass is 9.48. The molecule has 1 fully saturated rings. The first kappa shape index (κ1) is 18.6. The summed E-state index contributed by atoms with van der Waals surface area (Å²) < 4.78 is 5.48. The molecule has 5 heteroatoms. The van der Waals surface area contributed by atoms with Crippen LogP contribution in [0.25, 0.3) is 0 Å². The smallest absolute Gasteiger partial charge is 0.239 e. The minimum Gasteiger partial charge on any atom is -0.495 e. The number of anilines is 1. The molecule has 2 bridgehead atoms. The Labute approximate surface area is 185 Å². The van der Waals surface area contributed by atoms with Crippen molar-refractivity contribution in [3.05, 3.63) is 94.0 Å². The molecule has 1 saturated heterocycles. The first-order chi connectivity index (χ1) is 15.0. The van der Waals surface area contributed by atoms with Gasteiger partial charge >= 0.3 is 0 Å². The molecule has 154 valence electrons. The molecule has 0 saturated carbocycles. The number of carbonyl (C=O) groups is 2. The lowest BCUT2D eigenvalue weighted by molar-refractivity contribution is -0.123. The van der Waals surface area contributed by atoms with Gasteiger partial charge in [0.1, 0.15) is 5.75 Å². The van der Waals surface area contributed by atoms with Crippen LogP contribution in [-0.4, -0.2) is 18.9 Å². The van der Waals surface area contributed by atoms with Crippen molar-refractivity contribution in [2.75, 3.05) is 12.0 Å². The predicted octanol–water partition coefficient (Wildman–Crippen LogP) is 4.92. The van der Waals surface area contributed by atoms with Crippen molar-refractivity contribution in [1.82, 2.24) is 0 Å². The van der Waals surface area contributed by atoms with Gasteiger partial charge in [0, 0.05) is 16.4 Å². The number of halogens is 1. The van der Waals surface area contributed by atoms with Crippen LogP contribution in [0.15, 0.2) is 66.7 Å². The number of methoxy groups -OCH3 is 1. The number of benzene rings is 3. The monoisotopic (exact) mass is 429 g/mol. The van der Waals surface area contributed by atoms with Crippen LogP contribution in [0.4, 0.5) is 5.69 Å². The lowest BCUT2D eigenvalue weighted by Crippen LogP contribution is -2.51. The van der Waals surface area contributed by atoms with E-state index in [-0.39, 0.29) is 17.7 Å². The summed E-state index contributed by atoms with van der Waals surface area (Å²) in [4.78, 5) is 29.1. The van der Waals surface area contributed by atoms with Gasteiger partial charge in [-0.05, 0) is 40.5 Å². The first-order valence-corrected chi connectivity index (χ1v) is 10.8. The third-order valence-corrected chi connectivity index (χ3v) is 7.66. The Bertz CT molecular complexity index is 1240. The molecule has 0 spiro atoms. The molecule has 0 radical (unpaired) electrons. The largest absolute Gasteiger partial charge is 0.495 e. The van der Waals surface area contributed by atoms with Gasteiger partial charge in [0.05, 0.1) is 24.6 Å². The van der Waals surface area contributed by atoms with Crippen molar-refractivity contribution in [1.29, 1.82) is 0 Å². The Hall–Kier alpha value is -3.11. The quantitative estimate of drug-likeness (QED) is 0.543. The zero-order valence-electron chi connectivity index (χ0n) is 17.1. The van der Waals surface area contributed by atoms with Crippen LogP contribution < -0.4 is 9.64 Å². The van der Waals surface area contributed by atoms with Gasteiger partial charge in [-0.2, -0.15) is 0 Å². The van der Waals surface area contributed by atoms with Crippen LogP contribution in [0.1, 0.15) is 35.1 Å². The Kier molecular flexibility index (Phi) is 3.73. The number of ether oxygens (including phenoxy) is 1. The Morgan fingerprint density at radius 3 is 2.13 bits per heavy atom. The van der Waals surface area contributed by atoms with E-state index in [1.54, 1.807) is 18.2 Å². The maximum Gasteiger partial charge on any atom is 0.239 e. The Morgan fingerprint density at radius 2 is 1.52 bits per heavy atom. The fourth-order valence-corrected chi connectivity index (χ4v) is 6.39. The molecule has 0 N–H and O–H groups in total. The van der Waals surface area contributed by atoms with E-state index >= 15 is 0 Å². The molecule has 3 aromatic carbocycles. The Morgan fingerprint density at radius 1 is 0.903 bits per heavy atom. The normalized spacial score (nSPS) is 27.7. The number of carbonyl (C=O) groups excluding carboxylic acids is 2. The second-order valence-electron chi connectivity index (χ2n) is 8.69. The fraction of sp³-hybridized carbons (Fsp3) is 0.231. The Balaban J connectivity index is 1.62. The highest BCUT2D eigenvalue weighted by molar-refractivity contribution is 6.31. The van der Waals surface area contributed by atoms with Crippen LogP contribution in [0, 0.1) is 11.8 Å². The van der Waals surface area contributed by atoms with Gasteiger partial charge < -0.3 is 4.74 Å². The zero-order valence-corrected chi connectivity index (χ0v) is 17.9. The molecule has 7 rings (SSSR count). The molecular weight excluding hydrogens is 410 g/mol. The summed E-state index contributed by atoms with van der Waals surface area (Å²) in [5, 5.41) is 0.451. The topological polar surface area (TPSA) is 46.6 Å². The molecule has 4 nitrogen and oxygen atoms in total. The van der Waals surface area contributed by atoms with E-state index in [0.717, 1.165) is 22.3 Å². The van der Waals surface area contributed by atoms with Crippen LogP contribution >= 0.6 is 11.6 Å². The molecule has 31 heavy (non-hydrogen) atoms. The maximum absolute atomic E-state index is 14.0. The standard InChI is InChI=1S/C26H20ClNO3/c1-26-17-9-5-3-7-15(17)21(16-8-4-6-10-18(16)26)22-23(26)25(30)28(24(22)29)19-13-14(27)11-12-20(19)31-2/h3-13,21-23H,1-2H3/t21?,22-,23+,26?/m1/s1. The van der Waals surface area contributed by atoms with E-state index in [4.69, 9.17) is 16.3 Å². The second-order valence-corrected chi connectivity index (χ2v) is 9.12. The van der Waals surface area contributed by atoms with Gasteiger partial charge in [-0.15, -0.1) is 0 Å². The molecule has 0 aromatic heterocycles. The molecule has 1 heterocycles. The SMILES string of the molecule is COc1ccc(Cl)cc1N1C(=O)[C@@H]2C3c4ccccc4C(C)(c4ccccc43)[C@@H]2C1=O. The average Bonchev–Trinajstić information content (AvgIpc) is 3.05. The number of hydrogen-bond acceptors (Lipinski definition) is 3. The molecule has 1 aliphatic heterocycles. The van der Waals surface area contributed by atoms with Crippen molar-refractivity contribution in [3.8, 4) is 5.75 Å².